The number of benzene rings is 1. The van der Waals surface area contributed by atoms with E-state index in [1.807, 2.05) is 77.1 Å². The summed E-state index contributed by atoms with van der Waals surface area (Å²) >= 11 is 0. The zero-order valence-electron chi connectivity index (χ0n) is 27.5. The van der Waals surface area contributed by atoms with Crippen molar-refractivity contribution in [2.75, 3.05) is 26.9 Å². The molecular formula is C35H47N3O8. The van der Waals surface area contributed by atoms with Crippen LogP contribution < -0.4 is 5.32 Å². The molecule has 0 saturated carbocycles. The third kappa shape index (κ3) is 6.00. The van der Waals surface area contributed by atoms with Crippen molar-refractivity contribution in [2.24, 2.45) is 17.8 Å². The molecule has 0 radical (unpaired) electrons. The number of cyclic esters (lactones) is 1. The van der Waals surface area contributed by atoms with E-state index in [2.05, 4.69) is 5.32 Å². The number of fused-ring (bicyclic) bond motifs is 2. The highest BCUT2D eigenvalue weighted by molar-refractivity contribution is 5.99. The topological polar surface area (TPSA) is 135 Å². The van der Waals surface area contributed by atoms with Gasteiger partial charge in [0.1, 0.15) is 23.7 Å². The van der Waals surface area contributed by atoms with Gasteiger partial charge in [-0.05, 0) is 38.7 Å². The first-order chi connectivity index (χ1) is 21.9. The Morgan fingerprint density at radius 3 is 2.43 bits per heavy atom. The predicted molar refractivity (Wildman–Crippen MR) is 169 cm³/mol. The number of nitrogens with zero attached hydrogens (tertiary/aromatic N) is 2. The van der Waals surface area contributed by atoms with Crippen molar-refractivity contribution in [2.45, 2.75) is 88.9 Å². The Kier molecular flexibility index (Phi) is 9.77. The van der Waals surface area contributed by atoms with Crippen LogP contribution in [0.3, 0.4) is 0 Å². The van der Waals surface area contributed by atoms with Crippen LogP contribution in [0.1, 0.15) is 59.1 Å². The van der Waals surface area contributed by atoms with Gasteiger partial charge in [0, 0.05) is 25.6 Å². The maximum absolute atomic E-state index is 14.8. The quantitative estimate of drug-likeness (QED) is 0.359. The van der Waals surface area contributed by atoms with Gasteiger partial charge in [-0.25, -0.2) is 0 Å². The van der Waals surface area contributed by atoms with Crippen LogP contribution in [0.5, 0.6) is 0 Å². The molecule has 3 amide bonds. The van der Waals surface area contributed by atoms with Crippen molar-refractivity contribution in [3.8, 4) is 0 Å². The molecule has 8 atom stereocenters. The van der Waals surface area contributed by atoms with Gasteiger partial charge in [0.05, 0.1) is 37.3 Å². The summed E-state index contributed by atoms with van der Waals surface area (Å²) in [7, 11) is 1.51. The summed E-state index contributed by atoms with van der Waals surface area (Å²) in [5, 5.41) is 13.5. The summed E-state index contributed by atoms with van der Waals surface area (Å²) in [4.78, 5) is 59.9. The molecule has 0 aliphatic carbocycles. The monoisotopic (exact) mass is 637 g/mol. The van der Waals surface area contributed by atoms with Gasteiger partial charge >= 0.3 is 5.97 Å². The molecule has 5 rings (SSSR count). The summed E-state index contributed by atoms with van der Waals surface area (Å²) in [5.74, 6) is -3.96. The Labute approximate surface area is 270 Å². The number of hydrogen-bond donors (Lipinski definition) is 2. The van der Waals surface area contributed by atoms with E-state index < -0.39 is 65.2 Å². The first kappa shape index (κ1) is 33.8. The van der Waals surface area contributed by atoms with Crippen molar-refractivity contribution >= 4 is 23.7 Å². The minimum Gasteiger partial charge on any atom is -0.455 e. The number of carbonyl (C=O) groups excluding carboxylic acids is 4. The normalized spacial score (nSPS) is 33.3. The van der Waals surface area contributed by atoms with Crippen molar-refractivity contribution in [1.82, 2.24) is 15.1 Å². The minimum atomic E-state index is -1.42. The lowest BCUT2D eigenvalue weighted by atomic mass is 9.74. The Morgan fingerprint density at radius 1 is 1.09 bits per heavy atom. The molecule has 2 fully saturated rings. The van der Waals surface area contributed by atoms with E-state index >= 15 is 0 Å². The summed E-state index contributed by atoms with van der Waals surface area (Å²) in [6.45, 7) is 9.47. The van der Waals surface area contributed by atoms with Crippen molar-refractivity contribution in [3.05, 3.63) is 60.2 Å². The Hall–Kier alpha value is -3.54. The lowest BCUT2D eigenvalue weighted by Crippen LogP contribution is -2.62. The molecule has 250 valence electrons. The molecule has 46 heavy (non-hydrogen) atoms. The number of esters is 1. The van der Waals surface area contributed by atoms with E-state index in [1.165, 1.54) is 12.0 Å². The fourth-order valence-corrected chi connectivity index (χ4v) is 7.38. The fourth-order valence-electron chi connectivity index (χ4n) is 7.38. The molecule has 5 bridgehead atoms. The average Bonchev–Trinajstić information content (AvgIpc) is 3.64. The van der Waals surface area contributed by atoms with Crippen molar-refractivity contribution < 1.29 is 38.5 Å². The van der Waals surface area contributed by atoms with E-state index in [4.69, 9.17) is 14.2 Å². The molecule has 11 nitrogen and oxygen atoms in total. The minimum absolute atomic E-state index is 0.0721. The van der Waals surface area contributed by atoms with Gasteiger partial charge in [-0.1, -0.05) is 68.5 Å². The zero-order chi connectivity index (χ0) is 33.4. The van der Waals surface area contributed by atoms with Gasteiger partial charge in [-0.3, -0.25) is 19.2 Å². The van der Waals surface area contributed by atoms with Crippen LogP contribution in [-0.2, 0) is 33.4 Å². The first-order valence-electron chi connectivity index (χ1n) is 16.2. The molecule has 1 aromatic carbocycles. The van der Waals surface area contributed by atoms with Gasteiger partial charge in [-0.15, -0.1) is 0 Å². The van der Waals surface area contributed by atoms with Gasteiger partial charge < -0.3 is 34.4 Å². The van der Waals surface area contributed by atoms with Crippen molar-refractivity contribution in [3.63, 3.8) is 0 Å². The lowest BCUT2D eigenvalue weighted by molar-refractivity contribution is -0.163. The van der Waals surface area contributed by atoms with E-state index in [0.29, 0.717) is 12.0 Å². The smallest absolute Gasteiger partial charge is 0.313 e. The molecule has 1 aromatic rings. The molecule has 4 aliphatic heterocycles. The van der Waals surface area contributed by atoms with Crippen LogP contribution in [0.25, 0.3) is 0 Å². The fraction of sp³-hybridized carbons (Fsp3) is 0.600. The Bertz CT molecular complexity index is 1370. The number of rotatable bonds is 6. The number of likely N-dealkylation sites (tertiary alicyclic amines) is 1. The van der Waals surface area contributed by atoms with Crippen LogP contribution in [0, 0.1) is 17.8 Å². The molecule has 2 N–H and O–H groups in total. The SMILES string of the molecule is COC[C@H]1NC(=O)CC/C=C\CN(C(C)(C)C)C(=O)[C@@H]2N([C@@H](CO)C(C)C)C(=O)[C@H]3[C@H](C(=O)O[C@@H]1c1ccccc1)[C@@H]1C=C[C@]23O1. The number of nitrogens with one attached hydrogen (secondary N) is 1. The summed E-state index contributed by atoms with van der Waals surface area (Å²) < 4.78 is 18.3. The molecule has 11 heteroatoms. The highest BCUT2D eigenvalue weighted by Crippen LogP contribution is 2.56. The number of methoxy groups -OCH3 is 1. The second-order valence-electron chi connectivity index (χ2n) is 14.0. The highest BCUT2D eigenvalue weighted by Gasteiger charge is 2.74. The predicted octanol–water partition coefficient (Wildman–Crippen LogP) is 2.55. The van der Waals surface area contributed by atoms with E-state index in [1.54, 1.807) is 17.1 Å². The Morgan fingerprint density at radius 2 is 1.80 bits per heavy atom. The number of hydrogen-bond acceptors (Lipinski definition) is 8. The van der Waals surface area contributed by atoms with Gasteiger partial charge in [0.2, 0.25) is 17.7 Å². The van der Waals surface area contributed by atoms with Crippen LogP contribution >= 0.6 is 0 Å². The van der Waals surface area contributed by atoms with Crippen molar-refractivity contribution in [1.29, 1.82) is 0 Å². The molecule has 4 heterocycles. The molecule has 1 spiro atoms. The van der Waals surface area contributed by atoms with E-state index in [9.17, 15) is 24.3 Å². The van der Waals surface area contributed by atoms with Gasteiger partial charge in [0.15, 0.2) is 0 Å². The lowest BCUT2D eigenvalue weighted by Gasteiger charge is -2.43. The van der Waals surface area contributed by atoms with Crippen LogP contribution in [0.15, 0.2) is 54.6 Å². The molecule has 0 aromatic heterocycles. The van der Waals surface area contributed by atoms with Crippen LogP contribution in [0.4, 0.5) is 0 Å². The summed E-state index contributed by atoms with van der Waals surface area (Å²) in [6, 6.07) is 6.58. The molecule has 0 unspecified atom stereocenters. The highest BCUT2D eigenvalue weighted by atomic mass is 16.6. The molecule has 2 saturated heterocycles. The number of aliphatic hydroxyl groups excluding tert-OH is 1. The zero-order valence-corrected chi connectivity index (χ0v) is 27.5. The molecule has 4 aliphatic rings. The number of allylic oxidation sites excluding steroid dienone is 1. The molecular weight excluding hydrogens is 590 g/mol. The van der Waals surface area contributed by atoms with Crippen LogP contribution in [-0.4, -0.2) is 101 Å². The summed E-state index contributed by atoms with van der Waals surface area (Å²) in [6.07, 6.45) is 6.10. The second kappa shape index (κ2) is 13.3. The third-order valence-corrected chi connectivity index (χ3v) is 9.63. The second-order valence-corrected chi connectivity index (χ2v) is 14.0. The number of ether oxygens (including phenoxy) is 3. The summed E-state index contributed by atoms with van der Waals surface area (Å²) in [5.41, 5.74) is -1.42. The first-order valence-corrected chi connectivity index (χ1v) is 16.2. The average molecular weight is 638 g/mol. The van der Waals surface area contributed by atoms with Gasteiger partial charge in [0.25, 0.3) is 0 Å². The number of carbonyl (C=O) groups is 4. The van der Waals surface area contributed by atoms with E-state index in [-0.39, 0.29) is 43.9 Å². The maximum atomic E-state index is 14.8. The maximum Gasteiger partial charge on any atom is 0.313 e. The van der Waals surface area contributed by atoms with Gasteiger partial charge in [-0.2, -0.15) is 0 Å². The number of aliphatic hydroxyl groups is 1. The number of amides is 3. The third-order valence-electron chi connectivity index (χ3n) is 9.63. The van der Waals surface area contributed by atoms with E-state index in [0.717, 1.165) is 0 Å². The van der Waals surface area contributed by atoms with Crippen LogP contribution in [0.2, 0.25) is 0 Å². The standard InChI is InChI=1S/C35H47N3O8/c1-21(2)24(19-39)38-30-32(42)37(34(3,4)5)18-12-8-11-15-26(40)36-23(20-44-6)29(22-13-9-7-10-14-22)45-33(43)27-25-16-17-35(30,46-25)28(27)31(38)41/h7-10,12-14,16-17,21,23-25,27-30,39H,11,15,18-20H2,1-6H3,(H,36,40)/b12-8-/t23-,24+,25+,27-,28-,29-,30+,35-/m1/s1. The largest absolute Gasteiger partial charge is 0.455 e. The Balaban J connectivity index is 1.65.